The van der Waals surface area contributed by atoms with Crippen LogP contribution < -0.4 is 5.32 Å². The minimum absolute atomic E-state index is 0.473. The molecular weight excluding hydrogens is 240 g/mol. The molecule has 0 amide bonds. The molecule has 1 unspecified atom stereocenters. The summed E-state index contributed by atoms with van der Waals surface area (Å²) in [5, 5.41) is 4.96. The van der Waals surface area contributed by atoms with E-state index in [0.717, 1.165) is 13.0 Å². The van der Waals surface area contributed by atoms with Crippen LogP contribution in [0.5, 0.6) is 0 Å². The molecule has 2 nitrogen and oxygen atoms in total. The number of rotatable bonds is 9. The first-order valence-electron chi connectivity index (χ1n) is 7.42. The molecule has 0 spiro atoms. The van der Waals surface area contributed by atoms with Crippen molar-refractivity contribution in [3.05, 3.63) is 15.6 Å². The molecule has 1 rings (SSSR count). The molecule has 0 saturated carbocycles. The van der Waals surface area contributed by atoms with Crippen molar-refractivity contribution in [3.63, 3.8) is 0 Å². The Morgan fingerprint density at radius 3 is 2.50 bits per heavy atom. The molecule has 0 radical (unpaired) electrons. The number of unbranched alkanes of at least 4 members (excludes halogenated alkanes) is 2. The van der Waals surface area contributed by atoms with E-state index in [9.17, 15) is 0 Å². The van der Waals surface area contributed by atoms with Gasteiger partial charge in [0.15, 0.2) is 0 Å². The Labute approximate surface area is 116 Å². The zero-order valence-electron chi connectivity index (χ0n) is 12.4. The summed E-state index contributed by atoms with van der Waals surface area (Å²) in [7, 11) is 0. The summed E-state index contributed by atoms with van der Waals surface area (Å²) in [5.74, 6) is 0. The third kappa shape index (κ3) is 4.69. The summed E-state index contributed by atoms with van der Waals surface area (Å²) in [6.07, 6.45) is 7.39. The molecule has 0 aliphatic carbocycles. The lowest BCUT2D eigenvalue weighted by atomic mass is 10.1. The number of hydrogen-bond donors (Lipinski definition) is 1. The van der Waals surface area contributed by atoms with E-state index in [1.807, 2.05) is 11.3 Å². The van der Waals surface area contributed by atoms with Gasteiger partial charge in [-0.05, 0) is 32.7 Å². The molecule has 1 aromatic heterocycles. The second-order valence-corrected chi connectivity index (χ2v) is 6.15. The topological polar surface area (TPSA) is 24.9 Å². The molecule has 1 aromatic rings. The van der Waals surface area contributed by atoms with Crippen molar-refractivity contribution in [1.29, 1.82) is 0 Å². The lowest BCUT2D eigenvalue weighted by Crippen LogP contribution is -2.22. The van der Waals surface area contributed by atoms with E-state index in [0.29, 0.717) is 6.04 Å². The van der Waals surface area contributed by atoms with Crippen LogP contribution in [0.15, 0.2) is 0 Å². The zero-order chi connectivity index (χ0) is 13.4. The van der Waals surface area contributed by atoms with Gasteiger partial charge >= 0.3 is 0 Å². The van der Waals surface area contributed by atoms with E-state index < -0.39 is 0 Å². The van der Waals surface area contributed by atoms with E-state index in [1.165, 1.54) is 47.7 Å². The minimum atomic E-state index is 0.473. The fraction of sp³-hybridized carbons (Fsp3) is 0.800. The first-order chi connectivity index (χ1) is 8.72. The average molecular weight is 268 g/mol. The Morgan fingerprint density at radius 2 is 1.94 bits per heavy atom. The summed E-state index contributed by atoms with van der Waals surface area (Å²) < 4.78 is 0. The van der Waals surface area contributed by atoms with Gasteiger partial charge in [-0.2, -0.15) is 0 Å². The molecule has 0 aromatic carbocycles. The first-order valence-corrected chi connectivity index (χ1v) is 8.24. The maximum Gasteiger partial charge on any atom is 0.110 e. The Balaban J connectivity index is 2.66. The van der Waals surface area contributed by atoms with Crippen molar-refractivity contribution < 1.29 is 0 Å². The third-order valence-electron chi connectivity index (χ3n) is 3.28. The van der Waals surface area contributed by atoms with Crippen molar-refractivity contribution >= 4 is 11.3 Å². The normalized spacial score (nSPS) is 12.9. The van der Waals surface area contributed by atoms with Crippen molar-refractivity contribution in [2.24, 2.45) is 0 Å². The van der Waals surface area contributed by atoms with Gasteiger partial charge < -0.3 is 5.32 Å². The van der Waals surface area contributed by atoms with Gasteiger partial charge in [-0.25, -0.2) is 4.98 Å². The van der Waals surface area contributed by atoms with Crippen molar-refractivity contribution in [1.82, 2.24) is 10.3 Å². The van der Waals surface area contributed by atoms with Gasteiger partial charge in [0.25, 0.3) is 0 Å². The molecular formula is C15H28N2S. The summed E-state index contributed by atoms with van der Waals surface area (Å²) in [6, 6.07) is 0.473. The van der Waals surface area contributed by atoms with E-state index in [2.05, 4.69) is 33.0 Å². The first kappa shape index (κ1) is 15.6. The number of aromatic nitrogens is 1. The largest absolute Gasteiger partial charge is 0.308 e. The highest BCUT2D eigenvalue weighted by atomic mass is 32.1. The minimum Gasteiger partial charge on any atom is -0.308 e. The monoisotopic (exact) mass is 268 g/mol. The predicted molar refractivity (Wildman–Crippen MR) is 81.4 cm³/mol. The number of thiazole rings is 1. The van der Waals surface area contributed by atoms with Crippen LogP contribution in [0.1, 0.15) is 74.5 Å². The van der Waals surface area contributed by atoms with Crippen LogP contribution >= 0.6 is 11.3 Å². The van der Waals surface area contributed by atoms with Gasteiger partial charge in [-0.15, -0.1) is 11.3 Å². The lowest BCUT2D eigenvalue weighted by molar-refractivity contribution is 0.472. The Morgan fingerprint density at radius 1 is 1.17 bits per heavy atom. The number of nitrogens with zero attached hydrogens (tertiary/aromatic N) is 1. The molecule has 0 aliphatic heterocycles. The maximum absolute atomic E-state index is 4.82. The second kappa shape index (κ2) is 8.65. The van der Waals surface area contributed by atoms with Crippen LogP contribution in [0.4, 0.5) is 0 Å². The van der Waals surface area contributed by atoms with E-state index in [4.69, 9.17) is 4.98 Å². The number of nitrogens with one attached hydrogen (secondary N) is 1. The highest BCUT2D eigenvalue weighted by Crippen LogP contribution is 2.27. The molecule has 0 bridgehead atoms. The molecule has 1 atom stereocenters. The highest BCUT2D eigenvalue weighted by Gasteiger charge is 2.16. The molecule has 0 saturated heterocycles. The fourth-order valence-electron chi connectivity index (χ4n) is 2.16. The summed E-state index contributed by atoms with van der Waals surface area (Å²) in [6.45, 7) is 9.97. The van der Waals surface area contributed by atoms with Gasteiger partial charge in [0.2, 0.25) is 0 Å². The van der Waals surface area contributed by atoms with Gasteiger partial charge in [-0.1, -0.05) is 40.0 Å². The predicted octanol–water partition coefficient (Wildman–Crippen LogP) is 4.63. The van der Waals surface area contributed by atoms with Crippen LogP contribution in [-0.2, 0) is 6.42 Å². The molecule has 3 heteroatoms. The van der Waals surface area contributed by atoms with E-state index >= 15 is 0 Å². The lowest BCUT2D eigenvalue weighted by Gasteiger charge is -2.15. The van der Waals surface area contributed by atoms with Crippen LogP contribution in [0.3, 0.4) is 0 Å². The van der Waals surface area contributed by atoms with Crippen LogP contribution in [0.25, 0.3) is 0 Å². The molecule has 104 valence electrons. The fourth-order valence-corrected chi connectivity index (χ4v) is 3.28. The smallest absolute Gasteiger partial charge is 0.110 e. The van der Waals surface area contributed by atoms with Crippen LogP contribution in [-0.4, -0.2) is 11.5 Å². The average Bonchev–Trinajstić information content (AvgIpc) is 2.75. The number of hydrogen-bond acceptors (Lipinski definition) is 3. The Bertz CT molecular complexity index is 333. The second-order valence-electron chi connectivity index (χ2n) is 4.91. The summed E-state index contributed by atoms with van der Waals surface area (Å²) >= 11 is 1.88. The van der Waals surface area contributed by atoms with Crippen molar-refractivity contribution in [2.75, 3.05) is 6.54 Å². The highest BCUT2D eigenvalue weighted by molar-refractivity contribution is 7.11. The number of aryl methyl sites for hydroxylation is 2. The molecule has 0 fully saturated rings. The Hall–Kier alpha value is -0.410. The maximum atomic E-state index is 4.82. The molecule has 1 N–H and O–H groups in total. The van der Waals surface area contributed by atoms with Gasteiger partial charge in [0.05, 0.1) is 11.7 Å². The summed E-state index contributed by atoms with van der Waals surface area (Å²) in [4.78, 5) is 6.21. The SMILES string of the molecule is CCCCCC(NCCC)c1nc(CC)c(C)s1. The van der Waals surface area contributed by atoms with E-state index in [-0.39, 0.29) is 0 Å². The zero-order valence-corrected chi connectivity index (χ0v) is 13.2. The van der Waals surface area contributed by atoms with Gasteiger partial charge in [0, 0.05) is 4.88 Å². The Kier molecular flexibility index (Phi) is 7.52. The van der Waals surface area contributed by atoms with Gasteiger partial charge in [-0.3, -0.25) is 0 Å². The van der Waals surface area contributed by atoms with E-state index in [1.54, 1.807) is 0 Å². The van der Waals surface area contributed by atoms with Crippen molar-refractivity contribution in [2.45, 2.75) is 72.3 Å². The third-order valence-corrected chi connectivity index (χ3v) is 4.41. The van der Waals surface area contributed by atoms with Crippen LogP contribution in [0.2, 0.25) is 0 Å². The molecule has 18 heavy (non-hydrogen) atoms. The van der Waals surface area contributed by atoms with Gasteiger partial charge in [0.1, 0.15) is 5.01 Å². The molecule has 1 heterocycles. The quantitative estimate of drug-likeness (QED) is 0.660. The summed E-state index contributed by atoms with van der Waals surface area (Å²) in [5.41, 5.74) is 1.29. The van der Waals surface area contributed by atoms with Crippen molar-refractivity contribution in [3.8, 4) is 0 Å². The standard InChI is InChI=1S/C15H28N2S/c1-5-8-9-10-14(16-11-6-2)15-17-13(7-3)12(4)18-15/h14,16H,5-11H2,1-4H3. The molecule has 0 aliphatic rings. The van der Waals surface area contributed by atoms with Crippen LogP contribution in [0, 0.1) is 6.92 Å².